The lowest BCUT2D eigenvalue weighted by atomic mass is 10.3. The van der Waals surface area contributed by atoms with Gasteiger partial charge in [0.15, 0.2) is 11.5 Å². The van der Waals surface area contributed by atoms with Crippen LogP contribution >= 0.6 is 0 Å². The molecule has 0 aromatic heterocycles. The Morgan fingerprint density at radius 1 is 1.28 bits per heavy atom. The maximum Gasteiger partial charge on any atom is 0.273 e. The van der Waals surface area contributed by atoms with Gasteiger partial charge in [0.2, 0.25) is 0 Å². The summed E-state index contributed by atoms with van der Waals surface area (Å²) in [5, 5.41) is 10.7. The van der Waals surface area contributed by atoms with Crippen molar-refractivity contribution in [1.29, 1.82) is 0 Å². The molecule has 1 aromatic carbocycles. The SMILES string of the molecule is CCN(CC)CC1Oc2ccc([N+](=O)[O-])cc2O1. The normalized spacial score (nSPS) is 17.2. The smallest absolute Gasteiger partial charge is 0.273 e. The van der Waals surface area contributed by atoms with Crippen molar-refractivity contribution in [3.63, 3.8) is 0 Å². The van der Waals surface area contributed by atoms with Crippen LogP contribution in [-0.4, -0.2) is 35.7 Å². The molecule has 0 fully saturated rings. The lowest BCUT2D eigenvalue weighted by Gasteiger charge is -2.21. The summed E-state index contributed by atoms with van der Waals surface area (Å²) in [6, 6.07) is 4.40. The fraction of sp³-hybridized carbons (Fsp3) is 0.500. The molecular formula is C12H16N2O4. The number of non-ortho nitro benzene ring substituents is 1. The molecule has 1 heterocycles. The number of fused-ring (bicyclic) bond motifs is 1. The van der Waals surface area contributed by atoms with Gasteiger partial charge >= 0.3 is 0 Å². The molecule has 6 nitrogen and oxygen atoms in total. The first-order valence-corrected chi connectivity index (χ1v) is 5.98. The number of rotatable bonds is 5. The molecule has 0 saturated carbocycles. The molecule has 0 N–H and O–H groups in total. The average Bonchev–Trinajstić information content (AvgIpc) is 2.76. The summed E-state index contributed by atoms with van der Waals surface area (Å²) in [5.74, 6) is 1.01. The summed E-state index contributed by atoms with van der Waals surface area (Å²) < 4.78 is 11.2. The molecule has 18 heavy (non-hydrogen) atoms. The molecule has 2 rings (SSSR count). The number of hydrogen-bond acceptors (Lipinski definition) is 5. The van der Waals surface area contributed by atoms with Crippen molar-refractivity contribution in [1.82, 2.24) is 4.90 Å². The largest absolute Gasteiger partial charge is 0.450 e. The van der Waals surface area contributed by atoms with E-state index in [1.807, 2.05) is 0 Å². The van der Waals surface area contributed by atoms with Gasteiger partial charge < -0.3 is 9.47 Å². The second-order valence-corrected chi connectivity index (χ2v) is 4.04. The summed E-state index contributed by atoms with van der Waals surface area (Å²) in [4.78, 5) is 12.4. The Labute approximate surface area is 105 Å². The lowest BCUT2D eigenvalue weighted by molar-refractivity contribution is -0.384. The Morgan fingerprint density at radius 3 is 2.56 bits per heavy atom. The van der Waals surface area contributed by atoms with Crippen molar-refractivity contribution in [3.8, 4) is 11.5 Å². The highest BCUT2D eigenvalue weighted by molar-refractivity contribution is 5.50. The highest BCUT2D eigenvalue weighted by Crippen LogP contribution is 2.37. The van der Waals surface area contributed by atoms with Gasteiger partial charge in [-0.15, -0.1) is 0 Å². The third kappa shape index (κ3) is 2.53. The van der Waals surface area contributed by atoms with E-state index in [2.05, 4.69) is 18.7 Å². The number of hydrogen-bond donors (Lipinski definition) is 0. The van der Waals surface area contributed by atoms with Crippen LogP contribution in [-0.2, 0) is 0 Å². The molecular weight excluding hydrogens is 236 g/mol. The van der Waals surface area contributed by atoms with Gasteiger partial charge in [-0.2, -0.15) is 0 Å². The van der Waals surface area contributed by atoms with E-state index < -0.39 is 4.92 Å². The maximum atomic E-state index is 10.7. The number of nitro benzene ring substituents is 1. The number of ether oxygens (including phenoxy) is 2. The average molecular weight is 252 g/mol. The van der Waals surface area contributed by atoms with Gasteiger partial charge in [0.1, 0.15) is 0 Å². The number of benzene rings is 1. The molecule has 1 aromatic rings. The molecule has 1 aliphatic heterocycles. The first kappa shape index (κ1) is 12.6. The summed E-state index contributed by atoms with van der Waals surface area (Å²) in [7, 11) is 0. The Kier molecular flexibility index (Phi) is 3.66. The van der Waals surface area contributed by atoms with Crippen LogP contribution < -0.4 is 9.47 Å². The summed E-state index contributed by atoms with van der Waals surface area (Å²) >= 11 is 0. The Balaban J connectivity index is 2.06. The van der Waals surface area contributed by atoms with Crippen LogP contribution in [0.5, 0.6) is 11.5 Å². The topological polar surface area (TPSA) is 64.8 Å². The van der Waals surface area contributed by atoms with Gasteiger partial charge in [-0.25, -0.2) is 0 Å². The van der Waals surface area contributed by atoms with E-state index in [0.29, 0.717) is 18.0 Å². The zero-order valence-corrected chi connectivity index (χ0v) is 10.5. The van der Waals surface area contributed by atoms with E-state index in [9.17, 15) is 10.1 Å². The predicted octanol–water partition coefficient (Wildman–Crippen LogP) is 2.03. The van der Waals surface area contributed by atoms with E-state index in [0.717, 1.165) is 13.1 Å². The van der Waals surface area contributed by atoms with Gasteiger partial charge in [0.05, 0.1) is 17.5 Å². The standard InChI is InChI=1S/C12H16N2O4/c1-3-13(4-2)8-12-17-10-6-5-9(14(15)16)7-11(10)18-12/h5-7,12H,3-4,8H2,1-2H3. The van der Waals surface area contributed by atoms with Crippen LogP contribution in [0.1, 0.15) is 13.8 Å². The molecule has 0 bridgehead atoms. The molecule has 1 aliphatic rings. The molecule has 6 heteroatoms. The molecule has 1 atom stereocenters. The molecule has 0 aliphatic carbocycles. The Hall–Kier alpha value is -1.82. The Morgan fingerprint density at radius 2 is 1.94 bits per heavy atom. The second kappa shape index (κ2) is 5.22. The predicted molar refractivity (Wildman–Crippen MR) is 65.9 cm³/mol. The minimum absolute atomic E-state index is 0.0147. The molecule has 1 unspecified atom stereocenters. The van der Waals surface area contributed by atoms with Gasteiger partial charge in [-0.3, -0.25) is 15.0 Å². The monoisotopic (exact) mass is 252 g/mol. The summed E-state index contributed by atoms with van der Waals surface area (Å²) in [5.41, 5.74) is 0.0147. The van der Waals surface area contributed by atoms with Gasteiger partial charge in [0, 0.05) is 6.07 Å². The van der Waals surface area contributed by atoms with Crippen molar-refractivity contribution in [2.75, 3.05) is 19.6 Å². The first-order chi connectivity index (χ1) is 8.63. The van der Waals surface area contributed by atoms with E-state index in [-0.39, 0.29) is 12.0 Å². The van der Waals surface area contributed by atoms with Crippen LogP contribution in [0.3, 0.4) is 0 Å². The van der Waals surface area contributed by atoms with Gasteiger partial charge in [-0.05, 0) is 19.2 Å². The number of likely N-dealkylation sites (N-methyl/N-ethyl adjacent to an activating group) is 1. The fourth-order valence-corrected chi connectivity index (χ4v) is 1.87. The van der Waals surface area contributed by atoms with E-state index in [1.54, 1.807) is 6.07 Å². The molecule has 98 valence electrons. The molecule has 0 saturated heterocycles. The van der Waals surface area contributed by atoms with Crippen LogP contribution in [0.25, 0.3) is 0 Å². The van der Waals surface area contributed by atoms with Crippen molar-refractivity contribution in [3.05, 3.63) is 28.3 Å². The minimum Gasteiger partial charge on any atom is -0.450 e. The molecule has 0 radical (unpaired) electrons. The van der Waals surface area contributed by atoms with Gasteiger partial charge in [-0.1, -0.05) is 13.8 Å². The van der Waals surface area contributed by atoms with E-state index >= 15 is 0 Å². The van der Waals surface area contributed by atoms with Crippen LogP contribution in [0.15, 0.2) is 18.2 Å². The maximum absolute atomic E-state index is 10.7. The number of nitrogens with zero attached hydrogens (tertiary/aromatic N) is 2. The fourth-order valence-electron chi connectivity index (χ4n) is 1.87. The third-order valence-corrected chi connectivity index (χ3v) is 2.96. The van der Waals surface area contributed by atoms with Crippen molar-refractivity contribution < 1.29 is 14.4 Å². The molecule has 0 amide bonds. The van der Waals surface area contributed by atoms with Crippen molar-refractivity contribution in [2.45, 2.75) is 20.1 Å². The zero-order valence-electron chi connectivity index (χ0n) is 10.5. The van der Waals surface area contributed by atoms with Crippen LogP contribution in [0, 0.1) is 10.1 Å². The minimum atomic E-state index is -0.443. The highest BCUT2D eigenvalue weighted by atomic mass is 16.7. The van der Waals surface area contributed by atoms with Crippen molar-refractivity contribution in [2.24, 2.45) is 0 Å². The van der Waals surface area contributed by atoms with E-state index in [4.69, 9.17) is 9.47 Å². The third-order valence-electron chi connectivity index (χ3n) is 2.96. The van der Waals surface area contributed by atoms with Crippen molar-refractivity contribution >= 4 is 5.69 Å². The first-order valence-electron chi connectivity index (χ1n) is 5.98. The summed E-state index contributed by atoms with van der Waals surface area (Å²) in [6.07, 6.45) is -0.387. The van der Waals surface area contributed by atoms with E-state index in [1.165, 1.54) is 12.1 Å². The second-order valence-electron chi connectivity index (χ2n) is 4.04. The lowest BCUT2D eigenvalue weighted by Crippen LogP contribution is -2.36. The van der Waals surface area contributed by atoms with Crippen LogP contribution in [0.2, 0.25) is 0 Å². The zero-order chi connectivity index (χ0) is 13.1. The highest BCUT2D eigenvalue weighted by Gasteiger charge is 2.27. The molecule has 0 spiro atoms. The quantitative estimate of drug-likeness (QED) is 0.592. The van der Waals surface area contributed by atoms with Gasteiger partial charge in [0.25, 0.3) is 12.0 Å². The van der Waals surface area contributed by atoms with Crippen LogP contribution in [0.4, 0.5) is 5.69 Å². The summed E-state index contributed by atoms with van der Waals surface area (Å²) in [6.45, 7) is 6.61. The Bertz CT molecular complexity index is 446. The number of nitro groups is 1.